The Morgan fingerprint density at radius 1 is 1.38 bits per heavy atom. The predicted molar refractivity (Wildman–Crippen MR) is 57.8 cm³/mol. The van der Waals surface area contributed by atoms with E-state index in [1.807, 2.05) is 0 Å². The number of nitrogens with two attached hydrogens (primary N) is 1. The number of thioether (sulfide) groups is 1. The molecular weight excluding hydrogens is 206 g/mol. The van der Waals surface area contributed by atoms with Crippen LogP contribution in [-0.2, 0) is 4.79 Å². The number of carbonyl (C=O) groups is 1. The van der Waals surface area contributed by atoms with E-state index >= 15 is 0 Å². The molecular formula is C8H13NO2S2. The van der Waals surface area contributed by atoms with Crippen molar-refractivity contribution in [3.05, 3.63) is 0 Å². The van der Waals surface area contributed by atoms with Crippen LogP contribution < -0.4 is 5.73 Å². The van der Waals surface area contributed by atoms with Gasteiger partial charge in [0, 0.05) is 0 Å². The summed E-state index contributed by atoms with van der Waals surface area (Å²) in [6.45, 7) is 0. The van der Waals surface area contributed by atoms with E-state index in [4.69, 9.17) is 23.1 Å². The third kappa shape index (κ3) is 2.57. The van der Waals surface area contributed by atoms with Crippen LogP contribution >= 0.6 is 24.0 Å². The third-order valence-electron chi connectivity index (χ3n) is 2.35. The summed E-state index contributed by atoms with van der Waals surface area (Å²) in [7, 11) is 0. The summed E-state index contributed by atoms with van der Waals surface area (Å²) in [5, 5.41) is 9.10. The molecule has 1 saturated carbocycles. The lowest BCUT2D eigenvalue weighted by Gasteiger charge is -2.31. The molecule has 1 aliphatic carbocycles. The van der Waals surface area contributed by atoms with Gasteiger partial charge in [0.1, 0.15) is 9.07 Å². The van der Waals surface area contributed by atoms with E-state index in [0.717, 1.165) is 31.0 Å². The van der Waals surface area contributed by atoms with Crippen molar-refractivity contribution in [2.75, 3.05) is 0 Å². The maximum Gasteiger partial charge on any atom is 0.320 e. The highest BCUT2D eigenvalue weighted by Gasteiger charge is 2.41. The van der Waals surface area contributed by atoms with Crippen molar-refractivity contribution < 1.29 is 9.90 Å². The molecule has 0 amide bonds. The van der Waals surface area contributed by atoms with E-state index in [9.17, 15) is 4.79 Å². The van der Waals surface area contributed by atoms with E-state index in [0.29, 0.717) is 12.8 Å². The second-order valence-electron chi connectivity index (χ2n) is 3.28. The molecule has 0 unspecified atom stereocenters. The fourth-order valence-electron chi connectivity index (χ4n) is 1.68. The van der Waals surface area contributed by atoms with Crippen LogP contribution in [0.2, 0.25) is 0 Å². The van der Waals surface area contributed by atoms with Crippen LogP contribution in [0.4, 0.5) is 0 Å². The summed E-state index contributed by atoms with van der Waals surface area (Å²) in [5.41, 5.74) is 5.38. The number of thiocarbonyl (C=S) groups is 1. The van der Waals surface area contributed by atoms with Crippen molar-refractivity contribution in [2.24, 2.45) is 5.73 Å². The maximum atomic E-state index is 11.1. The molecule has 13 heavy (non-hydrogen) atoms. The Balaban J connectivity index is 2.73. The predicted octanol–water partition coefficient (Wildman–Crippen LogP) is 1.75. The molecule has 1 rings (SSSR count). The fourth-order valence-corrected chi connectivity index (χ4v) is 3.12. The highest BCUT2D eigenvalue weighted by molar-refractivity contribution is 8.24. The van der Waals surface area contributed by atoms with Crippen molar-refractivity contribution in [1.82, 2.24) is 0 Å². The Kier molecular flexibility index (Phi) is 3.55. The minimum Gasteiger partial charge on any atom is -0.480 e. The lowest BCUT2D eigenvalue weighted by molar-refractivity contribution is -0.140. The zero-order valence-corrected chi connectivity index (χ0v) is 8.92. The number of carboxylic acids is 1. The van der Waals surface area contributed by atoms with Crippen LogP contribution in [0.25, 0.3) is 0 Å². The molecule has 0 spiro atoms. The molecule has 5 heteroatoms. The number of aliphatic carboxylic acids is 1. The number of hydrogen-bond acceptors (Lipinski definition) is 3. The van der Waals surface area contributed by atoms with Gasteiger partial charge in [0.25, 0.3) is 0 Å². The monoisotopic (exact) mass is 219 g/mol. The quantitative estimate of drug-likeness (QED) is 0.693. The van der Waals surface area contributed by atoms with Gasteiger partial charge in [-0.05, 0) is 12.8 Å². The first-order valence-electron chi connectivity index (χ1n) is 4.29. The Bertz CT molecular complexity index is 224. The van der Waals surface area contributed by atoms with Crippen LogP contribution in [-0.4, -0.2) is 20.1 Å². The third-order valence-corrected chi connectivity index (χ3v) is 3.77. The lowest BCUT2D eigenvalue weighted by Crippen LogP contribution is -2.39. The van der Waals surface area contributed by atoms with Crippen LogP contribution in [0.1, 0.15) is 32.1 Å². The van der Waals surface area contributed by atoms with Gasteiger partial charge >= 0.3 is 5.97 Å². The average molecular weight is 219 g/mol. The Labute approximate surface area is 87.1 Å². The van der Waals surface area contributed by atoms with Crippen LogP contribution in [0.5, 0.6) is 0 Å². The Hall–Kier alpha value is -0.290. The summed E-state index contributed by atoms with van der Waals surface area (Å²) >= 11 is 5.89. The van der Waals surface area contributed by atoms with E-state index < -0.39 is 10.7 Å². The molecule has 0 bridgehead atoms. The van der Waals surface area contributed by atoms with E-state index in [2.05, 4.69) is 0 Å². The minimum absolute atomic E-state index is 0.240. The summed E-state index contributed by atoms with van der Waals surface area (Å²) < 4.78 is -0.492. The Morgan fingerprint density at radius 2 is 1.92 bits per heavy atom. The summed E-state index contributed by atoms with van der Waals surface area (Å²) in [6, 6.07) is 0. The highest BCUT2D eigenvalue weighted by atomic mass is 32.2. The number of rotatable bonds is 2. The standard InChI is InChI=1S/C8H13NO2S2/c9-7(12)13-8(6(10)11)4-2-1-3-5-8/h1-5H2,(H2,9,12)(H,10,11). The second-order valence-corrected chi connectivity index (χ2v) is 5.40. The summed E-state index contributed by atoms with van der Waals surface area (Å²) in [4.78, 5) is 11.1. The van der Waals surface area contributed by atoms with Crippen molar-refractivity contribution in [3.63, 3.8) is 0 Å². The molecule has 3 N–H and O–H groups in total. The lowest BCUT2D eigenvalue weighted by atomic mass is 9.88. The normalized spacial score (nSPS) is 20.9. The molecule has 0 aromatic carbocycles. The van der Waals surface area contributed by atoms with E-state index in [1.54, 1.807) is 0 Å². The fraction of sp³-hybridized carbons (Fsp3) is 0.750. The highest BCUT2D eigenvalue weighted by Crippen LogP contribution is 2.40. The maximum absolute atomic E-state index is 11.1. The van der Waals surface area contributed by atoms with E-state index in [1.165, 1.54) is 0 Å². The zero-order chi connectivity index (χ0) is 9.90. The summed E-state index contributed by atoms with van der Waals surface area (Å²) in [5.74, 6) is -0.773. The second kappa shape index (κ2) is 4.28. The molecule has 0 heterocycles. The molecule has 0 aromatic heterocycles. The minimum atomic E-state index is -0.773. The van der Waals surface area contributed by atoms with Gasteiger partial charge in [0.15, 0.2) is 0 Å². The first-order chi connectivity index (χ1) is 6.07. The first-order valence-corrected chi connectivity index (χ1v) is 5.51. The number of carboxylic acid groups (broad SMARTS) is 1. The van der Waals surface area contributed by atoms with Crippen molar-refractivity contribution in [2.45, 2.75) is 36.9 Å². The molecule has 0 radical (unpaired) electrons. The molecule has 0 atom stereocenters. The molecule has 0 aliphatic heterocycles. The van der Waals surface area contributed by atoms with Crippen molar-refractivity contribution >= 4 is 34.3 Å². The smallest absolute Gasteiger partial charge is 0.320 e. The van der Waals surface area contributed by atoms with Gasteiger partial charge in [-0.1, -0.05) is 43.2 Å². The van der Waals surface area contributed by atoms with Gasteiger partial charge < -0.3 is 10.8 Å². The molecule has 3 nitrogen and oxygen atoms in total. The van der Waals surface area contributed by atoms with Crippen molar-refractivity contribution in [1.29, 1.82) is 0 Å². The Morgan fingerprint density at radius 3 is 2.31 bits per heavy atom. The number of hydrogen-bond donors (Lipinski definition) is 2. The van der Waals surface area contributed by atoms with Crippen LogP contribution in [0.3, 0.4) is 0 Å². The zero-order valence-electron chi connectivity index (χ0n) is 7.28. The molecule has 1 fully saturated rings. The molecule has 1 aliphatic rings. The van der Waals surface area contributed by atoms with Gasteiger partial charge in [-0.2, -0.15) is 0 Å². The molecule has 74 valence electrons. The molecule has 0 saturated heterocycles. The average Bonchev–Trinajstić information content (AvgIpc) is 2.04. The van der Waals surface area contributed by atoms with Gasteiger partial charge in [0.05, 0.1) is 0 Å². The SMILES string of the molecule is NC(=S)SC1(C(=O)O)CCCCC1. The van der Waals surface area contributed by atoms with Crippen LogP contribution in [0.15, 0.2) is 0 Å². The summed E-state index contributed by atoms with van der Waals surface area (Å²) in [6.07, 6.45) is 4.41. The first kappa shape index (κ1) is 10.8. The largest absolute Gasteiger partial charge is 0.480 e. The van der Waals surface area contributed by atoms with Crippen molar-refractivity contribution in [3.8, 4) is 0 Å². The van der Waals surface area contributed by atoms with Gasteiger partial charge in [-0.25, -0.2) is 0 Å². The van der Waals surface area contributed by atoms with Gasteiger partial charge in [-0.3, -0.25) is 4.79 Å². The van der Waals surface area contributed by atoms with E-state index in [-0.39, 0.29) is 4.32 Å². The van der Waals surface area contributed by atoms with Crippen LogP contribution in [0, 0.1) is 0 Å². The topological polar surface area (TPSA) is 63.3 Å². The van der Waals surface area contributed by atoms with Gasteiger partial charge in [-0.15, -0.1) is 0 Å². The molecule has 0 aromatic rings. The van der Waals surface area contributed by atoms with Gasteiger partial charge in [0.2, 0.25) is 0 Å².